The highest BCUT2D eigenvalue weighted by Crippen LogP contribution is 2.30. The number of hydrogen-bond donors (Lipinski definition) is 4. The van der Waals surface area contributed by atoms with Crippen LogP contribution in [-0.4, -0.2) is 96.6 Å². The van der Waals surface area contributed by atoms with Gasteiger partial charge in [-0.25, -0.2) is 29.1 Å². The largest absolute Gasteiger partial charge is 0.478 e. The fourth-order valence-electron chi connectivity index (χ4n) is 4.01. The molecule has 1 atom stereocenters. The third-order valence-electron chi connectivity index (χ3n) is 5.76. The number of carboxylic acids is 4. The van der Waals surface area contributed by atoms with Crippen LogP contribution >= 0.6 is 0 Å². The zero-order chi connectivity index (χ0) is 28.1. The summed E-state index contributed by atoms with van der Waals surface area (Å²) in [6.07, 6.45) is 9.12. The second-order valence-electron chi connectivity index (χ2n) is 8.66. The van der Waals surface area contributed by atoms with E-state index in [1.165, 1.54) is 25.1 Å². The number of pyridine rings is 1. The van der Waals surface area contributed by atoms with E-state index in [0.717, 1.165) is 43.8 Å². The predicted octanol–water partition coefficient (Wildman–Crippen LogP) is 1.84. The van der Waals surface area contributed by atoms with E-state index in [2.05, 4.69) is 27.6 Å². The van der Waals surface area contributed by atoms with Gasteiger partial charge >= 0.3 is 23.9 Å². The number of carboxylic acid groups (broad SMARTS) is 4. The molecule has 206 valence electrons. The Bertz CT molecular complexity index is 1090. The van der Waals surface area contributed by atoms with Gasteiger partial charge in [-0.2, -0.15) is 0 Å². The van der Waals surface area contributed by atoms with Crippen LogP contribution in [0, 0.1) is 0 Å². The molecule has 0 aliphatic carbocycles. The Morgan fingerprint density at radius 1 is 0.947 bits per heavy atom. The smallest absolute Gasteiger partial charge is 0.328 e. The predicted molar refractivity (Wildman–Crippen MR) is 135 cm³/mol. The molecular formula is C25H32N4O9. The van der Waals surface area contributed by atoms with Gasteiger partial charge in [-0.3, -0.25) is 0 Å². The van der Waals surface area contributed by atoms with Crippen LogP contribution < -0.4 is 0 Å². The fourth-order valence-corrected chi connectivity index (χ4v) is 4.01. The summed E-state index contributed by atoms with van der Waals surface area (Å²) < 4.78 is 8.18. The second kappa shape index (κ2) is 15.2. The molecule has 0 amide bonds. The molecule has 0 spiro atoms. The lowest BCUT2D eigenvalue weighted by molar-refractivity contribution is -0.134. The standard InChI is InChI=1S/C17H24N4O.2C4H4O4/c1-20-9-6-13(7-10-20)16-19-15-5-2-8-18-17(15)21(16)12-14-4-3-11-22-14;2*5-3(6)1-2-4(7)8/h2,5,8,13-14H,3-4,6-7,9-12H2,1H3;2*1-2H,(H,5,6)(H,7,8). The van der Waals surface area contributed by atoms with E-state index in [4.69, 9.17) is 30.1 Å². The summed E-state index contributed by atoms with van der Waals surface area (Å²) in [7, 11) is 2.20. The van der Waals surface area contributed by atoms with E-state index < -0.39 is 23.9 Å². The van der Waals surface area contributed by atoms with E-state index in [9.17, 15) is 19.2 Å². The van der Waals surface area contributed by atoms with Gasteiger partial charge in [-0.05, 0) is 58.0 Å². The van der Waals surface area contributed by atoms with Crippen molar-refractivity contribution in [2.75, 3.05) is 26.7 Å². The van der Waals surface area contributed by atoms with E-state index in [0.29, 0.717) is 36.3 Å². The number of carbonyl (C=O) groups is 4. The van der Waals surface area contributed by atoms with Gasteiger partial charge in [0.15, 0.2) is 5.65 Å². The number of likely N-dealkylation sites (tertiary alicyclic amines) is 1. The zero-order valence-electron chi connectivity index (χ0n) is 21.0. The first kappa shape index (κ1) is 30.1. The van der Waals surface area contributed by atoms with E-state index in [1.807, 2.05) is 12.3 Å². The third-order valence-corrected chi connectivity index (χ3v) is 5.76. The number of ether oxygens (including phenoxy) is 1. The maximum absolute atomic E-state index is 9.55. The number of rotatable bonds is 7. The van der Waals surface area contributed by atoms with Crippen molar-refractivity contribution < 1.29 is 44.3 Å². The first-order valence-corrected chi connectivity index (χ1v) is 12.0. The van der Waals surface area contributed by atoms with Crippen LogP contribution in [0.4, 0.5) is 0 Å². The minimum absolute atomic E-state index is 0.324. The molecule has 2 aromatic heterocycles. The van der Waals surface area contributed by atoms with Crippen molar-refractivity contribution in [3.63, 3.8) is 0 Å². The van der Waals surface area contributed by atoms with Crippen molar-refractivity contribution >= 4 is 35.0 Å². The zero-order valence-corrected chi connectivity index (χ0v) is 21.0. The molecule has 2 fully saturated rings. The summed E-state index contributed by atoms with van der Waals surface area (Å²) in [5, 5.41) is 31.2. The van der Waals surface area contributed by atoms with Gasteiger partial charge in [-0.1, -0.05) is 0 Å². The molecule has 4 rings (SSSR count). The van der Waals surface area contributed by atoms with E-state index in [-0.39, 0.29) is 0 Å². The number of aliphatic carboxylic acids is 4. The molecule has 2 aliphatic heterocycles. The molecule has 1 unspecified atom stereocenters. The molecule has 2 aliphatic rings. The third kappa shape index (κ3) is 10.5. The summed E-state index contributed by atoms with van der Waals surface area (Å²) in [5.41, 5.74) is 2.04. The average Bonchev–Trinajstić information content (AvgIpc) is 3.51. The van der Waals surface area contributed by atoms with Crippen molar-refractivity contribution in [3.8, 4) is 0 Å². The Morgan fingerprint density at radius 3 is 1.97 bits per heavy atom. The molecule has 0 bridgehead atoms. The first-order chi connectivity index (χ1) is 18.1. The van der Waals surface area contributed by atoms with Crippen LogP contribution in [-0.2, 0) is 30.5 Å². The Morgan fingerprint density at radius 2 is 1.50 bits per heavy atom. The van der Waals surface area contributed by atoms with Crippen LogP contribution in [0.2, 0.25) is 0 Å². The van der Waals surface area contributed by atoms with Gasteiger partial charge in [0.2, 0.25) is 0 Å². The van der Waals surface area contributed by atoms with Gasteiger partial charge in [-0.15, -0.1) is 0 Å². The monoisotopic (exact) mass is 532 g/mol. The number of fused-ring (bicyclic) bond motifs is 1. The topological polar surface area (TPSA) is 192 Å². The lowest BCUT2D eigenvalue weighted by Crippen LogP contribution is -2.31. The van der Waals surface area contributed by atoms with Gasteiger partial charge in [0.1, 0.15) is 11.3 Å². The minimum atomic E-state index is -1.26. The number of imidazole rings is 1. The molecule has 13 nitrogen and oxygen atoms in total. The average molecular weight is 533 g/mol. The Hall–Kier alpha value is -4.10. The minimum Gasteiger partial charge on any atom is -0.478 e. The normalized spacial score (nSPS) is 18.1. The Labute approximate surface area is 218 Å². The van der Waals surface area contributed by atoms with Crippen molar-refractivity contribution in [3.05, 3.63) is 48.5 Å². The summed E-state index contributed by atoms with van der Waals surface area (Å²) in [5.74, 6) is -3.26. The van der Waals surface area contributed by atoms with E-state index >= 15 is 0 Å². The van der Waals surface area contributed by atoms with Crippen molar-refractivity contribution in [1.29, 1.82) is 0 Å². The van der Waals surface area contributed by atoms with Crippen molar-refractivity contribution in [2.24, 2.45) is 0 Å². The number of nitrogens with zero attached hydrogens (tertiary/aromatic N) is 4. The molecule has 4 heterocycles. The lowest BCUT2D eigenvalue weighted by atomic mass is 9.96. The number of aromatic nitrogens is 3. The molecule has 0 aromatic carbocycles. The molecular weight excluding hydrogens is 500 g/mol. The Kier molecular flexibility index (Phi) is 12.1. The van der Waals surface area contributed by atoms with Crippen LogP contribution in [0.15, 0.2) is 42.6 Å². The molecule has 38 heavy (non-hydrogen) atoms. The van der Waals surface area contributed by atoms with E-state index in [1.54, 1.807) is 0 Å². The molecule has 2 saturated heterocycles. The van der Waals surface area contributed by atoms with Crippen LogP contribution in [0.3, 0.4) is 0 Å². The molecule has 0 saturated carbocycles. The molecule has 2 aromatic rings. The molecule has 0 radical (unpaired) electrons. The maximum atomic E-state index is 9.55. The summed E-state index contributed by atoms with van der Waals surface area (Å²) in [4.78, 5) is 50.1. The van der Waals surface area contributed by atoms with Gasteiger partial charge < -0.3 is 34.6 Å². The highest BCUT2D eigenvalue weighted by molar-refractivity contribution is 5.90. The highest BCUT2D eigenvalue weighted by Gasteiger charge is 2.26. The SMILES string of the molecule is CN1CCC(c2nc3cccnc3n2CC2CCCO2)CC1.O=C(O)C=CC(=O)O.O=C(O)C=CC(=O)O. The van der Waals surface area contributed by atoms with Crippen molar-refractivity contribution in [2.45, 2.75) is 44.2 Å². The van der Waals surface area contributed by atoms with Gasteiger partial charge in [0, 0.05) is 43.0 Å². The van der Waals surface area contributed by atoms with Crippen LogP contribution in [0.25, 0.3) is 11.2 Å². The van der Waals surface area contributed by atoms with Gasteiger partial charge in [0.05, 0.1) is 12.6 Å². The second-order valence-corrected chi connectivity index (χ2v) is 8.66. The summed E-state index contributed by atoms with van der Waals surface area (Å²) >= 11 is 0. The van der Waals surface area contributed by atoms with Crippen molar-refractivity contribution in [1.82, 2.24) is 19.4 Å². The number of hydrogen-bond acceptors (Lipinski definition) is 8. The highest BCUT2D eigenvalue weighted by atomic mass is 16.5. The Balaban J connectivity index is 0.000000264. The fraction of sp³-hybridized carbons (Fsp3) is 0.440. The van der Waals surface area contributed by atoms with Crippen LogP contribution in [0.1, 0.15) is 37.4 Å². The molecule has 13 heteroatoms. The summed E-state index contributed by atoms with van der Waals surface area (Å²) in [6.45, 7) is 4.10. The molecule has 4 N–H and O–H groups in total. The maximum Gasteiger partial charge on any atom is 0.328 e. The number of piperidine rings is 1. The van der Waals surface area contributed by atoms with Gasteiger partial charge in [0.25, 0.3) is 0 Å². The van der Waals surface area contributed by atoms with Crippen LogP contribution in [0.5, 0.6) is 0 Å². The summed E-state index contributed by atoms with van der Waals surface area (Å²) in [6, 6.07) is 4.05. The quantitative estimate of drug-likeness (QED) is 0.379. The first-order valence-electron chi connectivity index (χ1n) is 12.0. The lowest BCUT2D eigenvalue weighted by Gasteiger charge is -2.29.